The Morgan fingerprint density at radius 2 is 2.31 bits per heavy atom. The molecule has 0 aromatic carbocycles. The van der Waals surface area contributed by atoms with Crippen LogP contribution in [-0.2, 0) is 11.3 Å². The van der Waals surface area contributed by atoms with Crippen LogP contribution < -0.4 is 10.6 Å². The normalized spacial score (nSPS) is 10.8. The van der Waals surface area contributed by atoms with Crippen LogP contribution in [0, 0.1) is 0 Å². The molecule has 1 heterocycles. The minimum absolute atomic E-state index is 0.104. The Bertz CT molecular complexity index is 338. The van der Waals surface area contributed by atoms with Crippen LogP contribution in [0.1, 0.15) is 25.1 Å². The molecule has 0 aliphatic carbocycles. The van der Waals surface area contributed by atoms with Gasteiger partial charge in [0, 0.05) is 34.9 Å². The van der Waals surface area contributed by atoms with Gasteiger partial charge >= 0.3 is 0 Å². The minimum Gasteiger partial charge on any atom is -0.354 e. The summed E-state index contributed by atoms with van der Waals surface area (Å²) in [6, 6.07) is 2.26. The predicted octanol–water partition coefficient (Wildman–Crippen LogP) is 2.51. The third-order valence-electron chi connectivity index (χ3n) is 1.96. The predicted molar refractivity (Wildman–Crippen MR) is 71.6 cm³/mol. The second-order valence-electron chi connectivity index (χ2n) is 3.84. The van der Waals surface area contributed by atoms with Gasteiger partial charge in [0.25, 0.3) is 0 Å². The van der Waals surface area contributed by atoms with Crippen molar-refractivity contribution in [2.45, 2.75) is 32.9 Å². The van der Waals surface area contributed by atoms with E-state index in [0.717, 1.165) is 11.0 Å². The molecule has 0 saturated heterocycles. The third kappa shape index (κ3) is 5.09. The Hall–Kier alpha value is -0.390. The average molecular weight is 305 g/mol. The summed E-state index contributed by atoms with van der Waals surface area (Å²) in [7, 11) is 0. The zero-order valence-corrected chi connectivity index (χ0v) is 12.0. The molecule has 1 aromatic heterocycles. The van der Waals surface area contributed by atoms with E-state index in [1.807, 2.05) is 25.3 Å². The van der Waals surface area contributed by atoms with Gasteiger partial charge in [0.2, 0.25) is 5.91 Å². The molecule has 0 bridgehead atoms. The molecule has 1 amide bonds. The maximum Gasteiger partial charge on any atom is 0.221 e. The highest BCUT2D eigenvalue weighted by Gasteiger charge is 2.03. The van der Waals surface area contributed by atoms with E-state index in [0.29, 0.717) is 13.0 Å². The highest BCUT2D eigenvalue weighted by atomic mass is 79.9. The maximum atomic E-state index is 11.3. The minimum atomic E-state index is 0.104. The van der Waals surface area contributed by atoms with Crippen molar-refractivity contribution >= 4 is 33.2 Å². The molecule has 0 atom stereocenters. The summed E-state index contributed by atoms with van der Waals surface area (Å²) >= 11 is 5.18. The second-order valence-corrected chi connectivity index (χ2v) is 5.70. The lowest BCUT2D eigenvalue weighted by atomic mass is 10.3. The van der Waals surface area contributed by atoms with E-state index in [4.69, 9.17) is 0 Å². The van der Waals surface area contributed by atoms with Gasteiger partial charge in [-0.15, -0.1) is 11.3 Å². The van der Waals surface area contributed by atoms with Gasteiger partial charge in [-0.1, -0.05) is 0 Å². The summed E-state index contributed by atoms with van der Waals surface area (Å²) in [5.74, 6) is 0.104. The number of thiophene rings is 1. The highest BCUT2D eigenvalue weighted by Crippen LogP contribution is 2.21. The van der Waals surface area contributed by atoms with E-state index < -0.39 is 0 Å². The average Bonchev–Trinajstić information content (AvgIpc) is 2.58. The number of carbonyl (C=O) groups is 1. The topological polar surface area (TPSA) is 41.1 Å². The van der Waals surface area contributed by atoms with Gasteiger partial charge in [-0.25, -0.2) is 0 Å². The molecule has 0 fully saturated rings. The summed E-state index contributed by atoms with van der Waals surface area (Å²) in [5.41, 5.74) is 0. The van der Waals surface area contributed by atoms with Crippen molar-refractivity contribution in [1.29, 1.82) is 0 Å². The molecule has 0 radical (unpaired) electrons. The van der Waals surface area contributed by atoms with Crippen molar-refractivity contribution in [1.82, 2.24) is 10.6 Å². The third-order valence-corrected chi connectivity index (χ3v) is 3.88. The van der Waals surface area contributed by atoms with Crippen LogP contribution in [0.2, 0.25) is 0 Å². The van der Waals surface area contributed by atoms with Crippen LogP contribution in [0.25, 0.3) is 0 Å². The standard InChI is InChI=1S/C11H17BrN2OS/c1-8(2)14-11(15)3-5-13-7-10-9(12)4-6-16-10/h4,6,8,13H,3,5,7H2,1-2H3,(H,14,15). The van der Waals surface area contributed by atoms with Crippen LogP contribution in [0.5, 0.6) is 0 Å². The maximum absolute atomic E-state index is 11.3. The van der Waals surface area contributed by atoms with Crippen molar-refractivity contribution in [3.63, 3.8) is 0 Å². The smallest absolute Gasteiger partial charge is 0.221 e. The van der Waals surface area contributed by atoms with Crippen LogP contribution in [-0.4, -0.2) is 18.5 Å². The van der Waals surface area contributed by atoms with Crippen molar-refractivity contribution in [2.75, 3.05) is 6.54 Å². The zero-order valence-electron chi connectivity index (χ0n) is 9.55. The summed E-state index contributed by atoms with van der Waals surface area (Å²) in [6.45, 7) is 5.46. The number of halogens is 1. The molecule has 16 heavy (non-hydrogen) atoms. The zero-order chi connectivity index (χ0) is 12.0. The molecule has 1 rings (SSSR count). The monoisotopic (exact) mass is 304 g/mol. The SMILES string of the molecule is CC(C)NC(=O)CCNCc1sccc1Br. The fraction of sp³-hybridized carbons (Fsp3) is 0.545. The molecule has 0 aliphatic heterocycles. The fourth-order valence-corrected chi connectivity index (χ4v) is 2.71. The molecule has 0 aliphatic rings. The number of nitrogens with one attached hydrogen (secondary N) is 2. The van der Waals surface area contributed by atoms with Gasteiger partial charge in [-0.05, 0) is 41.2 Å². The molecule has 2 N–H and O–H groups in total. The number of hydrogen-bond donors (Lipinski definition) is 2. The van der Waals surface area contributed by atoms with Gasteiger partial charge in [-0.3, -0.25) is 4.79 Å². The Labute approximate surface area is 109 Å². The van der Waals surface area contributed by atoms with Gasteiger partial charge in [0.15, 0.2) is 0 Å². The summed E-state index contributed by atoms with van der Waals surface area (Å²) in [5, 5.41) is 8.16. The van der Waals surface area contributed by atoms with E-state index in [1.54, 1.807) is 11.3 Å². The molecule has 5 heteroatoms. The Balaban J connectivity index is 2.13. The number of amides is 1. The lowest BCUT2D eigenvalue weighted by Gasteiger charge is -2.08. The van der Waals surface area contributed by atoms with Gasteiger partial charge in [0.1, 0.15) is 0 Å². The molecule has 1 aromatic rings. The first-order valence-corrected chi connectivity index (χ1v) is 6.99. The Kier molecular flexibility index (Phi) is 6.01. The number of hydrogen-bond acceptors (Lipinski definition) is 3. The second kappa shape index (κ2) is 7.04. The summed E-state index contributed by atoms with van der Waals surface area (Å²) < 4.78 is 1.14. The molecular formula is C11H17BrN2OS. The molecule has 0 saturated carbocycles. The quantitative estimate of drug-likeness (QED) is 0.793. The number of rotatable bonds is 6. The molecular weight excluding hydrogens is 288 g/mol. The highest BCUT2D eigenvalue weighted by molar-refractivity contribution is 9.10. The van der Waals surface area contributed by atoms with Crippen molar-refractivity contribution in [2.24, 2.45) is 0 Å². The van der Waals surface area contributed by atoms with E-state index in [-0.39, 0.29) is 11.9 Å². The molecule has 90 valence electrons. The van der Waals surface area contributed by atoms with Crippen molar-refractivity contribution < 1.29 is 4.79 Å². The van der Waals surface area contributed by atoms with Crippen molar-refractivity contribution in [3.8, 4) is 0 Å². The summed E-state index contributed by atoms with van der Waals surface area (Å²) in [6.07, 6.45) is 0.529. The van der Waals surface area contributed by atoms with Crippen LogP contribution >= 0.6 is 27.3 Å². The lowest BCUT2D eigenvalue weighted by Crippen LogP contribution is -2.32. The molecule has 0 unspecified atom stereocenters. The van der Waals surface area contributed by atoms with E-state index in [2.05, 4.69) is 26.6 Å². The van der Waals surface area contributed by atoms with E-state index in [1.165, 1.54) is 4.88 Å². The fourth-order valence-electron chi connectivity index (χ4n) is 1.25. The van der Waals surface area contributed by atoms with Gasteiger partial charge in [0.05, 0.1) is 0 Å². The first-order chi connectivity index (χ1) is 7.59. The summed E-state index contributed by atoms with van der Waals surface area (Å²) in [4.78, 5) is 12.6. The van der Waals surface area contributed by atoms with Gasteiger partial charge in [-0.2, -0.15) is 0 Å². The van der Waals surface area contributed by atoms with Crippen molar-refractivity contribution in [3.05, 3.63) is 20.8 Å². The number of carbonyl (C=O) groups excluding carboxylic acids is 1. The molecule has 0 spiro atoms. The van der Waals surface area contributed by atoms with Crippen LogP contribution in [0.3, 0.4) is 0 Å². The van der Waals surface area contributed by atoms with Gasteiger partial charge < -0.3 is 10.6 Å². The first-order valence-electron chi connectivity index (χ1n) is 5.31. The van der Waals surface area contributed by atoms with Crippen LogP contribution in [0.4, 0.5) is 0 Å². The first kappa shape index (κ1) is 13.7. The van der Waals surface area contributed by atoms with E-state index in [9.17, 15) is 4.79 Å². The lowest BCUT2D eigenvalue weighted by molar-refractivity contribution is -0.121. The van der Waals surface area contributed by atoms with Crippen LogP contribution in [0.15, 0.2) is 15.9 Å². The van der Waals surface area contributed by atoms with E-state index >= 15 is 0 Å². The Morgan fingerprint density at radius 1 is 1.56 bits per heavy atom. The Morgan fingerprint density at radius 3 is 2.88 bits per heavy atom. The largest absolute Gasteiger partial charge is 0.354 e. The molecule has 3 nitrogen and oxygen atoms in total.